The van der Waals surface area contributed by atoms with E-state index in [1.807, 2.05) is 0 Å². The molecule has 1 aliphatic heterocycles. The van der Waals surface area contributed by atoms with Crippen LogP contribution in [0, 0.1) is 10.1 Å². The number of nitrogens with zero attached hydrogens (tertiary/aromatic N) is 1. The van der Waals surface area contributed by atoms with Gasteiger partial charge in [-0.2, -0.15) is 0 Å². The van der Waals surface area contributed by atoms with Gasteiger partial charge in [0.1, 0.15) is 5.02 Å². The number of ether oxygens (including phenoxy) is 1. The Labute approximate surface area is 165 Å². The van der Waals surface area contributed by atoms with Crippen molar-refractivity contribution in [2.24, 2.45) is 0 Å². The van der Waals surface area contributed by atoms with E-state index in [0.717, 1.165) is 0 Å². The molecule has 9 heteroatoms. The molecule has 8 nitrogen and oxygen atoms in total. The number of benzene rings is 2. The smallest absolute Gasteiger partial charge is 0.338 e. The van der Waals surface area contributed by atoms with E-state index < -0.39 is 23.0 Å². The fraction of sp³-hybridized carbons (Fsp3) is 0.158. The number of hydrogen-bond acceptors (Lipinski definition) is 5. The lowest BCUT2D eigenvalue weighted by molar-refractivity contribution is -0.384. The Morgan fingerprint density at radius 2 is 1.96 bits per heavy atom. The fourth-order valence-electron chi connectivity index (χ4n) is 2.92. The Hall–Kier alpha value is -3.39. The van der Waals surface area contributed by atoms with Crippen molar-refractivity contribution in [1.29, 1.82) is 0 Å². The van der Waals surface area contributed by atoms with Crippen LogP contribution in [0.1, 0.15) is 24.1 Å². The molecule has 0 fully saturated rings. The molecule has 1 atom stereocenters. The van der Waals surface area contributed by atoms with Crippen molar-refractivity contribution in [3.8, 4) is 0 Å². The molecule has 1 aliphatic rings. The molecule has 28 heavy (non-hydrogen) atoms. The van der Waals surface area contributed by atoms with Gasteiger partial charge in [-0.25, -0.2) is 9.59 Å². The highest BCUT2D eigenvalue weighted by Crippen LogP contribution is 2.35. The van der Waals surface area contributed by atoms with Crippen LogP contribution in [0.25, 0.3) is 5.70 Å². The summed E-state index contributed by atoms with van der Waals surface area (Å²) in [6, 6.07) is 11.4. The maximum atomic E-state index is 12.7. The van der Waals surface area contributed by atoms with Gasteiger partial charge in [0.05, 0.1) is 28.8 Å². The van der Waals surface area contributed by atoms with E-state index in [2.05, 4.69) is 10.6 Å². The number of urea groups is 1. The highest BCUT2D eigenvalue weighted by atomic mass is 35.5. The predicted molar refractivity (Wildman–Crippen MR) is 103 cm³/mol. The Morgan fingerprint density at radius 3 is 2.61 bits per heavy atom. The number of carbonyl (C=O) groups is 2. The lowest BCUT2D eigenvalue weighted by atomic mass is 9.92. The Kier molecular flexibility index (Phi) is 5.60. The topological polar surface area (TPSA) is 111 Å². The van der Waals surface area contributed by atoms with Gasteiger partial charge in [-0.1, -0.05) is 48.0 Å². The van der Waals surface area contributed by atoms with E-state index >= 15 is 0 Å². The molecule has 2 amide bonds. The van der Waals surface area contributed by atoms with Crippen LogP contribution in [0.2, 0.25) is 5.02 Å². The van der Waals surface area contributed by atoms with Gasteiger partial charge in [-0.15, -0.1) is 0 Å². The Balaban J connectivity index is 2.20. The van der Waals surface area contributed by atoms with Gasteiger partial charge in [0.15, 0.2) is 0 Å². The highest BCUT2D eigenvalue weighted by Gasteiger charge is 2.35. The van der Waals surface area contributed by atoms with Gasteiger partial charge in [0.2, 0.25) is 0 Å². The summed E-state index contributed by atoms with van der Waals surface area (Å²) in [5, 5.41) is 16.5. The molecule has 0 radical (unpaired) electrons. The van der Waals surface area contributed by atoms with Crippen LogP contribution in [-0.4, -0.2) is 23.5 Å². The summed E-state index contributed by atoms with van der Waals surface area (Å²) in [4.78, 5) is 35.6. The molecule has 0 spiro atoms. The van der Waals surface area contributed by atoms with Gasteiger partial charge in [0.25, 0.3) is 5.69 Å². The molecule has 3 rings (SSSR count). The van der Waals surface area contributed by atoms with Crippen LogP contribution in [0.15, 0.2) is 54.1 Å². The van der Waals surface area contributed by atoms with Gasteiger partial charge in [-0.05, 0) is 24.1 Å². The second-order valence-corrected chi connectivity index (χ2v) is 6.28. The van der Waals surface area contributed by atoms with Crippen LogP contribution in [0.5, 0.6) is 0 Å². The van der Waals surface area contributed by atoms with E-state index in [1.165, 1.54) is 18.2 Å². The molecule has 0 saturated carbocycles. The Morgan fingerprint density at radius 1 is 1.25 bits per heavy atom. The summed E-state index contributed by atoms with van der Waals surface area (Å²) in [6.45, 7) is 1.80. The first-order valence-electron chi connectivity index (χ1n) is 8.40. The number of nitro benzene ring substituents is 1. The SMILES string of the molecule is CCOC(=O)C1=C(c2ccccc2)NC(=O)N[C@@H]1c1ccc(Cl)c([N+](=O)[O-])c1. The van der Waals surface area contributed by atoms with Gasteiger partial charge in [0, 0.05) is 6.07 Å². The third kappa shape index (κ3) is 3.81. The van der Waals surface area contributed by atoms with Crippen molar-refractivity contribution < 1.29 is 19.2 Å². The molecule has 2 N–H and O–H groups in total. The number of hydrogen-bond donors (Lipinski definition) is 2. The van der Waals surface area contributed by atoms with E-state index in [0.29, 0.717) is 11.1 Å². The standard InChI is InChI=1S/C19H16ClN3O5/c1-2-28-18(24)15-16(11-6-4-3-5-7-11)21-19(25)22-17(15)12-8-9-13(20)14(10-12)23(26)27/h3-10,17H,2H2,1H3,(H2,21,22,25)/t17-/m1/s1. The summed E-state index contributed by atoms with van der Waals surface area (Å²) in [5.41, 5.74) is 1.04. The minimum atomic E-state index is -0.945. The molecule has 0 aromatic heterocycles. The number of nitrogens with one attached hydrogen (secondary N) is 2. The zero-order chi connectivity index (χ0) is 20.3. The summed E-state index contributed by atoms with van der Waals surface area (Å²) < 4.78 is 5.17. The summed E-state index contributed by atoms with van der Waals surface area (Å²) in [5.74, 6) is -0.642. The van der Waals surface area contributed by atoms with Gasteiger partial charge in [-0.3, -0.25) is 10.1 Å². The minimum Gasteiger partial charge on any atom is -0.463 e. The van der Waals surface area contributed by atoms with E-state index in [4.69, 9.17) is 16.3 Å². The molecule has 144 valence electrons. The fourth-order valence-corrected chi connectivity index (χ4v) is 3.11. The second kappa shape index (κ2) is 8.10. The third-order valence-corrected chi connectivity index (χ3v) is 4.45. The van der Waals surface area contributed by atoms with Crippen LogP contribution >= 0.6 is 11.6 Å². The maximum Gasteiger partial charge on any atom is 0.338 e. The van der Waals surface area contributed by atoms with Crippen molar-refractivity contribution in [3.05, 3.63) is 80.4 Å². The number of esters is 1. The van der Waals surface area contributed by atoms with Crippen LogP contribution in [-0.2, 0) is 9.53 Å². The molecular formula is C19H16ClN3O5. The minimum absolute atomic E-state index is 0.0426. The second-order valence-electron chi connectivity index (χ2n) is 5.87. The predicted octanol–water partition coefficient (Wildman–Crippen LogP) is 3.58. The number of nitro groups is 1. The highest BCUT2D eigenvalue weighted by molar-refractivity contribution is 6.32. The number of halogens is 1. The van der Waals surface area contributed by atoms with Crippen molar-refractivity contribution in [2.45, 2.75) is 13.0 Å². The van der Waals surface area contributed by atoms with Gasteiger partial charge < -0.3 is 15.4 Å². The van der Waals surface area contributed by atoms with Crippen LogP contribution in [0.3, 0.4) is 0 Å². The van der Waals surface area contributed by atoms with E-state index in [1.54, 1.807) is 37.3 Å². The summed E-state index contributed by atoms with van der Waals surface area (Å²) in [6.07, 6.45) is 0. The van der Waals surface area contributed by atoms with E-state index in [9.17, 15) is 19.7 Å². The van der Waals surface area contributed by atoms with Gasteiger partial charge >= 0.3 is 12.0 Å². The molecule has 0 aliphatic carbocycles. The number of rotatable bonds is 5. The quantitative estimate of drug-likeness (QED) is 0.452. The zero-order valence-electron chi connectivity index (χ0n) is 14.8. The van der Waals surface area contributed by atoms with Crippen LogP contribution < -0.4 is 10.6 Å². The molecule has 2 aromatic rings. The summed E-state index contributed by atoms with van der Waals surface area (Å²) >= 11 is 5.89. The first-order valence-corrected chi connectivity index (χ1v) is 8.78. The maximum absolute atomic E-state index is 12.7. The monoisotopic (exact) mass is 401 g/mol. The zero-order valence-corrected chi connectivity index (χ0v) is 15.5. The average Bonchev–Trinajstić information content (AvgIpc) is 2.68. The number of amides is 2. The first-order chi connectivity index (χ1) is 13.4. The molecule has 2 aromatic carbocycles. The van der Waals surface area contributed by atoms with Crippen molar-refractivity contribution in [2.75, 3.05) is 6.61 Å². The van der Waals surface area contributed by atoms with Crippen molar-refractivity contribution >= 4 is 35.0 Å². The molecule has 0 saturated heterocycles. The first kappa shape index (κ1) is 19.4. The van der Waals surface area contributed by atoms with Crippen molar-refractivity contribution in [3.63, 3.8) is 0 Å². The summed E-state index contributed by atoms with van der Waals surface area (Å²) in [7, 11) is 0. The number of carbonyl (C=O) groups excluding carboxylic acids is 2. The van der Waals surface area contributed by atoms with Crippen molar-refractivity contribution in [1.82, 2.24) is 10.6 Å². The molecular weight excluding hydrogens is 386 g/mol. The third-order valence-electron chi connectivity index (χ3n) is 4.13. The average molecular weight is 402 g/mol. The largest absolute Gasteiger partial charge is 0.463 e. The van der Waals surface area contributed by atoms with E-state index in [-0.39, 0.29) is 28.6 Å². The molecule has 1 heterocycles. The lowest BCUT2D eigenvalue weighted by Crippen LogP contribution is -2.45. The lowest BCUT2D eigenvalue weighted by Gasteiger charge is -2.29. The molecule has 0 bridgehead atoms. The Bertz CT molecular complexity index is 975. The molecule has 0 unspecified atom stereocenters. The van der Waals surface area contributed by atoms with Crippen LogP contribution in [0.4, 0.5) is 10.5 Å². The normalized spacial score (nSPS) is 16.2.